The molecule has 2 aromatic rings. The van der Waals surface area contributed by atoms with Gasteiger partial charge in [-0.3, -0.25) is 0 Å². The normalized spacial score (nSPS) is 20.2. The Balaban J connectivity index is 1.71. The van der Waals surface area contributed by atoms with Crippen LogP contribution in [0, 0.1) is 6.92 Å². The average molecular weight is 533 g/mol. The molecule has 9 heteroatoms. The summed E-state index contributed by atoms with van der Waals surface area (Å²) in [5.41, 5.74) is 2.36. The maximum atomic E-state index is 12.9. The van der Waals surface area contributed by atoms with Gasteiger partial charge in [-0.05, 0) is 45.2 Å². The Bertz CT molecular complexity index is 1190. The number of hydrogen-bond acceptors (Lipinski definition) is 8. The number of ether oxygens (including phenoxy) is 6. The molecule has 0 N–H and O–H groups in total. The monoisotopic (exact) mass is 532 g/mol. The zero-order valence-corrected chi connectivity index (χ0v) is 22.8. The highest BCUT2D eigenvalue weighted by molar-refractivity contribution is 7.91. The van der Waals surface area contributed by atoms with E-state index in [1.54, 1.807) is 44.6 Å². The van der Waals surface area contributed by atoms with Crippen molar-refractivity contribution in [1.82, 2.24) is 0 Å². The lowest BCUT2D eigenvalue weighted by atomic mass is 10.00. The molecule has 0 amide bonds. The van der Waals surface area contributed by atoms with Gasteiger partial charge in [0.25, 0.3) is 0 Å². The quantitative estimate of drug-likeness (QED) is 0.373. The van der Waals surface area contributed by atoms with E-state index in [2.05, 4.69) is 0 Å². The largest absolute Gasteiger partial charge is 0.490 e. The van der Waals surface area contributed by atoms with Crippen molar-refractivity contribution in [3.8, 4) is 23.0 Å². The van der Waals surface area contributed by atoms with Crippen LogP contribution in [0.5, 0.6) is 23.0 Å². The lowest BCUT2D eigenvalue weighted by Gasteiger charge is -2.26. The summed E-state index contributed by atoms with van der Waals surface area (Å²) in [6.45, 7) is 5.04. The van der Waals surface area contributed by atoms with E-state index in [4.69, 9.17) is 28.4 Å². The Kier molecular flexibility index (Phi) is 9.00. The number of allylic oxidation sites excluding steroid dienone is 1. The van der Waals surface area contributed by atoms with Gasteiger partial charge in [0.05, 0.1) is 38.1 Å². The second-order valence-corrected chi connectivity index (χ2v) is 11.3. The lowest BCUT2D eigenvalue weighted by Crippen LogP contribution is -2.19. The van der Waals surface area contributed by atoms with Crippen molar-refractivity contribution in [2.45, 2.75) is 63.4 Å². The van der Waals surface area contributed by atoms with Crippen molar-refractivity contribution in [2.75, 3.05) is 33.2 Å². The molecule has 2 atom stereocenters. The van der Waals surface area contributed by atoms with E-state index in [0.29, 0.717) is 47.5 Å². The molecule has 2 heterocycles. The van der Waals surface area contributed by atoms with Gasteiger partial charge in [0.15, 0.2) is 33.9 Å². The third-order valence-corrected chi connectivity index (χ3v) is 8.37. The fourth-order valence-electron chi connectivity index (χ4n) is 4.60. The third-order valence-electron chi connectivity index (χ3n) is 6.54. The maximum absolute atomic E-state index is 12.9. The van der Waals surface area contributed by atoms with Gasteiger partial charge in [-0.25, -0.2) is 8.42 Å². The minimum atomic E-state index is -3.46. The number of hydrogen-bond donors (Lipinski definition) is 0. The molecular formula is C28H36O8S. The van der Waals surface area contributed by atoms with Gasteiger partial charge in [-0.1, -0.05) is 29.8 Å². The highest BCUT2D eigenvalue weighted by atomic mass is 32.2. The van der Waals surface area contributed by atoms with Gasteiger partial charge in [0.2, 0.25) is 11.5 Å². The number of methoxy groups -OCH3 is 2. The zero-order chi connectivity index (χ0) is 26.4. The average Bonchev–Trinajstić information content (AvgIpc) is 3.60. The van der Waals surface area contributed by atoms with Crippen molar-refractivity contribution in [3.63, 3.8) is 0 Å². The van der Waals surface area contributed by atoms with Crippen molar-refractivity contribution < 1.29 is 36.8 Å². The summed E-state index contributed by atoms with van der Waals surface area (Å²) in [6.07, 6.45) is 4.93. The van der Waals surface area contributed by atoms with Crippen LogP contribution in [0.3, 0.4) is 0 Å². The molecule has 2 aromatic carbocycles. The zero-order valence-electron chi connectivity index (χ0n) is 21.9. The first-order chi connectivity index (χ1) is 17.8. The van der Waals surface area contributed by atoms with Crippen molar-refractivity contribution in [3.05, 3.63) is 53.1 Å². The first kappa shape index (κ1) is 27.3. The van der Waals surface area contributed by atoms with Crippen LogP contribution in [-0.2, 0) is 25.7 Å². The molecule has 0 bridgehead atoms. The molecule has 2 aliphatic heterocycles. The van der Waals surface area contributed by atoms with Crippen LogP contribution in [-0.4, -0.2) is 54.2 Å². The highest BCUT2D eigenvalue weighted by Gasteiger charge is 2.31. The number of sulfone groups is 1. The number of rotatable bonds is 11. The highest BCUT2D eigenvalue weighted by Crippen LogP contribution is 2.51. The van der Waals surface area contributed by atoms with Crippen LogP contribution in [0.4, 0.5) is 0 Å². The lowest BCUT2D eigenvalue weighted by molar-refractivity contribution is -0.0442. The van der Waals surface area contributed by atoms with Crippen LogP contribution in [0.2, 0.25) is 0 Å². The molecule has 0 aliphatic carbocycles. The molecule has 37 heavy (non-hydrogen) atoms. The second kappa shape index (κ2) is 12.2. The van der Waals surface area contributed by atoms with E-state index in [9.17, 15) is 8.42 Å². The van der Waals surface area contributed by atoms with Gasteiger partial charge in [0.1, 0.15) is 0 Å². The second-order valence-electron chi connectivity index (χ2n) is 9.28. The maximum Gasteiger partial charge on any atom is 0.207 e. The van der Waals surface area contributed by atoms with E-state index >= 15 is 0 Å². The van der Waals surface area contributed by atoms with E-state index in [1.807, 2.05) is 19.9 Å². The van der Waals surface area contributed by atoms with Gasteiger partial charge in [-0.2, -0.15) is 0 Å². The minimum absolute atomic E-state index is 0.0788. The van der Waals surface area contributed by atoms with Crippen molar-refractivity contribution >= 4 is 9.84 Å². The fourth-order valence-corrected chi connectivity index (χ4v) is 6.05. The Labute approximate surface area is 219 Å². The summed E-state index contributed by atoms with van der Waals surface area (Å²) in [6, 6.07) is 8.48. The molecule has 2 fully saturated rings. The smallest absolute Gasteiger partial charge is 0.207 e. The van der Waals surface area contributed by atoms with Crippen LogP contribution < -0.4 is 18.9 Å². The van der Waals surface area contributed by atoms with E-state index in [-0.39, 0.29) is 12.0 Å². The molecular weight excluding hydrogens is 496 g/mol. The van der Waals surface area contributed by atoms with Crippen LogP contribution in [0.15, 0.2) is 46.9 Å². The summed E-state index contributed by atoms with van der Waals surface area (Å²) in [5.74, 6) is 1.81. The van der Waals surface area contributed by atoms with E-state index in [0.717, 1.165) is 42.4 Å². The van der Waals surface area contributed by atoms with Crippen LogP contribution in [0.25, 0.3) is 0 Å². The van der Waals surface area contributed by atoms with Crippen molar-refractivity contribution in [2.24, 2.45) is 0 Å². The molecule has 4 rings (SSSR count). The summed E-state index contributed by atoms with van der Waals surface area (Å²) in [4.78, 5) is 0.305. The predicted octanol–water partition coefficient (Wildman–Crippen LogP) is 5.01. The molecule has 202 valence electrons. The van der Waals surface area contributed by atoms with Gasteiger partial charge in [-0.15, -0.1) is 0 Å². The first-order valence-corrected chi connectivity index (χ1v) is 14.3. The molecule has 2 saturated heterocycles. The summed E-state index contributed by atoms with van der Waals surface area (Å²) in [5, 5.41) is 0. The van der Waals surface area contributed by atoms with E-state index < -0.39 is 16.1 Å². The van der Waals surface area contributed by atoms with E-state index in [1.165, 1.54) is 0 Å². The molecule has 0 spiro atoms. The predicted molar refractivity (Wildman–Crippen MR) is 139 cm³/mol. The molecule has 2 unspecified atom stereocenters. The SMILES string of the molecule is COc1c(OC2CCCO2)c(C)c(CC=C(C)CS(=O)(=O)c2ccccc2)c(OC2CCCO2)c1OC. The molecule has 2 aliphatic rings. The minimum Gasteiger partial charge on any atom is -0.490 e. The Morgan fingerprint density at radius 3 is 2.03 bits per heavy atom. The Morgan fingerprint density at radius 1 is 0.919 bits per heavy atom. The fraction of sp³-hybridized carbons (Fsp3) is 0.500. The topological polar surface area (TPSA) is 89.5 Å². The van der Waals surface area contributed by atoms with Crippen molar-refractivity contribution in [1.29, 1.82) is 0 Å². The summed E-state index contributed by atoms with van der Waals surface area (Å²) in [7, 11) is -0.334. The summed E-state index contributed by atoms with van der Waals surface area (Å²) < 4.78 is 61.3. The number of benzene rings is 2. The Hall–Kier alpha value is -2.75. The third kappa shape index (κ3) is 6.40. The standard InChI is InChI=1S/C28H36O8S/c1-19(18-37(29,30)21-10-6-5-7-11-21)14-15-22-20(2)25(35-23-12-8-16-33-23)27(31-3)28(32-4)26(22)36-24-13-9-17-34-24/h5-7,10-11,14,23-24H,8-9,12-13,15-18H2,1-4H3. The Morgan fingerprint density at radius 2 is 1.49 bits per heavy atom. The molecule has 8 nitrogen and oxygen atoms in total. The molecule has 0 radical (unpaired) electrons. The van der Waals surface area contributed by atoms with Gasteiger partial charge < -0.3 is 28.4 Å². The summed E-state index contributed by atoms with van der Waals surface area (Å²) >= 11 is 0. The molecule has 0 aromatic heterocycles. The van der Waals surface area contributed by atoms with Gasteiger partial charge >= 0.3 is 0 Å². The first-order valence-electron chi connectivity index (χ1n) is 12.6. The van der Waals surface area contributed by atoms with Crippen LogP contribution in [0.1, 0.15) is 43.7 Å². The molecule has 0 saturated carbocycles. The van der Waals surface area contributed by atoms with Crippen LogP contribution >= 0.6 is 0 Å². The van der Waals surface area contributed by atoms with Gasteiger partial charge in [0, 0.05) is 24.0 Å².